The smallest absolute Gasteiger partial charge is 0.215 e. The van der Waals surface area contributed by atoms with Crippen LogP contribution < -0.4 is 4.57 Å². The summed E-state index contributed by atoms with van der Waals surface area (Å²) >= 11 is 0. The summed E-state index contributed by atoms with van der Waals surface area (Å²) < 4.78 is 4.44. The Bertz CT molecular complexity index is 1210. The zero-order chi connectivity index (χ0) is 18.5. The zero-order valence-electron chi connectivity index (χ0n) is 15.9. The van der Waals surface area contributed by atoms with Crippen LogP contribution in [0.25, 0.3) is 39.6 Å². The summed E-state index contributed by atoms with van der Waals surface area (Å²) in [5.74, 6) is 1.12. The van der Waals surface area contributed by atoms with E-state index in [9.17, 15) is 0 Å². The molecule has 0 fully saturated rings. The van der Waals surface area contributed by atoms with E-state index in [1.165, 1.54) is 39.0 Å². The molecule has 2 aromatic heterocycles. The van der Waals surface area contributed by atoms with Crippen molar-refractivity contribution in [3.63, 3.8) is 0 Å². The van der Waals surface area contributed by atoms with Gasteiger partial charge in [-0.05, 0) is 36.6 Å². The van der Waals surface area contributed by atoms with E-state index in [0.717, 1.165) is 17.8 Å². The van der Waals surface area contributed by atoms with E-state index in [1.54, 1.807) is 0 Å². The molecule has 1 aliphatic rings. The van der Waals surface area contributed by atoms with Crippen molar-refractivity contribution in [1.82, 2.24) is 9.55 Å². The number of aryl methyl sites for hydroxylation is 3. The van der Waals surface area contributed by atoms with Gasteiger partial charge in [-0.3, -0.25) is 0 Å². The second-order valence-corrected chi connectivity index (χ2v) is 7.34. The number of aromatic nitrogens is 3. The van der Waals surface area contributed by atoms with Crippen LogP contribution in [0, 0.1) is 13.8 Å². The van der Waals surface area contributed by atoms with Gasteiger partial charge >= 0.3 is 0 Å². The molecule has 1 aliphatic heterocycles. The first kappa shape index (κ1) is 16.0. The summed E-state index contributed by atoms with van der Waals surface area (Å²) in [4.78, 5) is 4.98. The summed E-state index contributed by atoms with van der Waals surface area (Å²) in [6, 6.07) is 17.3. The molecular formula is C24H22N3+. The number of pyridine rings is 1. The van der Waals surface area contributed by atoms with E-state index >= 15 is 0 Å². The van der Waals surface area contributed by atoms with Crippen molar-refractivity contribution < 1.29 is 4.57 Å². The molecule has 3 heteroatoms. The minimum atomic E-state index is 0.905. The molecule has 132 valence electrons. The molecule has 4 aromatic rings. The van der Waals surface area contributed by atoms with Crippen molar-refractivity contribution in [2.24, 2.45) is 7.05 Å². The largest absolute Gasteiger partial charge is 0.303 e. The van der Waals surface area contributed by atoms with Gasteiger partial charge in [0.2, 0.25) is 5.69 Å². The molecule has 5 rings (SSSR count). The third-order valence-corrected chi connectivity index (χ3v) is 5.51. The number of fused-ring (bicyclic) bond motifs is 3. The molecule has 0 atom stereocenters. The average molecular weight is 352 g/mol. The maximum absolute atomic E-state index is 4.98. The van der Waals surface area contributed by atoms with Crippen LogP contribution in [0.1, 0.15) is 17.0 Å². The molecule has 0 saturated heterocycles. The Labute approximate surface area is 159 Å². The highest BCUT2D eigenvalue weighted by atomic mass is 15.1. The molecule has 0 amide bonds. The number of rotatable bonds is 2. The van der Waals surface area contributed by atoms with E-state index < -0.39 is 0 Å². The molecular weight excluding hydrogens is 330 g/mol. The van der Waals surface area contributed by atoms with Gasteiger partial charge in [-0.1, -0.05) is 42.5 Å². The van der Waals surface area contributed by atoms with Crippen molar-refractivity contribution in [3.8, 4) is 22.4 Å². The number of benzene rings is 2. The predicted octanol–water partition coefficient (Wildman–Crippen LogP) is 4.84. The first-order valence-corrected chi connectivity index (χ1v) is 9.36. The lowest BCUT2D eigenvalue weighted by atomic mass is 9.96. The Hall–Kier alpha value is -3.20. The second-order valence-electron chi connectivity index (χ2n) is 7.34. The Kier molecular flexibility index (Phi) is 3.51. The first-order chi connectivity index (χ1) is 13.1. The molecule has 0 bridgehead atoms. The normalized spacial score (nSPS) is 12.7. The summed E-state index contributed by atoms with van der Waals surface area (Å²) in [5, 5.41) is 0. The van der Waals surface area contributed by atoms with E-state index in [4.69, 9.17) is 4.98 Å². The van der Waals surface area contributed by atoms with Gasteiger partial charge in [-0.2, -0.15) is 0 Å². The molecule has 3 heterocycles. The number of allylic oxidation sites excluding steroid dienone is 1. The van der Waals surface area contributed by atoms with Crippen LogP contribution in [0.4, 0.5) is 0 Å². The van der Waals surface area contributed by atoms with Crippen molar-refractivity contribution >= 4 is 17.2 Å². The van der Waals surface area contributed by atoms with Crippen LogP contribution in [0.5, 0.6) is 0 Å². The van der Waals surface area contributed by atoms with Crippen molar-refractivity contribution in [3.05, 3.63) is 77.8 Å². The van der Waals surface area contributed by atoms with Gasteiger partial charge in [0.25, 0.3) is 0 Å². The van der Waals surface area contributed by atoms with Gasteiger partial charge < -0.3 is 4.57 Å². The Morgan fingerprint density at radius 1 is 1.00 bits per heavy atom. The quantitative estimate of drug-likeness (QED) is 0.473. The fourth-order valence-corrected chi connectivity index (χ4v) is 4.17. The Morgan fingerprint density at radius 3 is 2.63 bits per heavy atom. The van der Waals surface area contributed by atoms with E-state index in [-0.39, 0.29) is 0 Å². The van der Waals surface area contributed by atoms with Gasteiger partial charge in [0.05, 0.1) is 11.1 Å². The molecule has 0 saturated carbocycles. The fraction of sp³-hybridized carbons (Fsp3) is 0.167. The van der Waals surface area contributed by atoms with Gasteiger partial charge in [-0.25, -0.2) is 9.55 Å². The highest BCUT2D eigenvalue weighted by Crippen LogP contribution is 2.34. The van der Waals surface area contributed by atoms with Crippen molar-refractivity contribution in [1.29, 1.82) is 0 Å². The minimum absolute atomic E-state index is 0.905. The predicted molar refractivity (Wildman–Crippen MR) is 110 cm³/mol. The van der Waals surface area contributed by atoms with Crippen LogP contribution in [0.15, 0.2) is 60.8 Å². The lowest BCUT2D eigenvalue weighted by Crippen LogP contribution is -2.31. The van der Waals surface area contributed by atoms with E-state index in [2.05, 4.69) is 97.0 Å². The van der Waals surface area contributed by atoms with Crippen LogP contribution in [-0.4, -0.2) is 9.55 Å². The average Bonchev–Trinajstić information content (AvgIpc) is 3.24. The van der Waals surface area contributed by atoms with Crippen LogP contribution in [-0.2, 0) is 13.5 Å². The molecule has 0 unspecified atom stereocenters. The highest BCUT2D eigenvalue weighted by Gasteiger charge is 2.23. The molecule has 0 spiro atoms. The SMILES string of the molecule is Cc1c[n+](C)c(-c2c(C)ccc3c2nc2n3C=CC2)cc1-c1ccccc1. The number of hydrogen-bond acceptors (Lipinski definition) is 1. The maximum Gasteiger partial charge on any atom is 0.215 e. The molecule has 2 aromatic carbocycles. The molecule has 0 N–H and O–H groups in total. The highest BCUT2D eigenvalue weighted by molar-refractivity contribution is 5.94. The summed E-state index contributed by atoms with van der Waals surface area (Å²) in [6.45, 7) is 4.35. The van der Waals surface area contributed by atoms with Crippen LogP contribution in [0.3, 0.4) is 0 Å². The van der Waals surface area contributed by atoms with E-state index in [0.29, 0.717) is 0 Å². The van der Waals surface area contributed by atoms with Gasteiger partial charge in [0.15, 0.2) is 6.20 Å². The maximum atomic E-state index is 4.98. The van der Waals surface area contributed by atoms with Crippen LogP contribution in [0.2, 0.25) is 0 Å². The Balaban J connectivity index is 1.81. The van der Waals surface area contributed by atoms with Gasteiger partial charge in [-0.15, -0.1) is 0 Å². The third kappa shape index (κ3) is 2.42. The zero-order valence-corrected chi connectivity index (χ0v) is 15.9. The van der Waals surface area contributed by atoms with E-state index in [1.807, 2.05) is 0 Å². The summed E-state index contributed by atoms with van der Waals surface area (Å²) in [5.41, 5.74) is 9.73. The first-order valence-electron chi connectivity index (χ1n) is 9.36. The monoisotopic (exact) mass is 352 g/mol. The topological polar surface area (TPSA) is 21.7 Å². The van der Waals surface area contributed by atoms with Gasteiger partial charge in [0.1, 0.15) is 18.4 Å². The molecule has 27 heavy (non-hydrogen) atoms. The van der Waals surface area contributed by atoms with Gasteiger partial charge in [0, 0.05) is 24.3 Å². The second kappa shape index (κ2) is 5.92. The standard InChI is InChI=1S/C24H22N3/c1-16-11-12-20-24(25-22-10-7-13-27(20)22)23(16)21-14-19(17(2)15-26(21)3)18-8-5-4-6-9-18/h4-9,11-15H,10H2,1-3H3/q+1. The fourth-order valence-electron chi connectivity index (χ4n) is 4.17. The number of nitrogens with zero attached hydrogens (tertiary/aromatic N) is 3. The number of imidazole rings is 1. The Morgan fingerprint density at radius 2 is 1.81 bits per heavy atom. The third-order valence-electron chi connectivity index (χ3n) is 5.51. The number of hydrogen-bond donors (Lipinski definition) is 0. The van der Waals surface area contributed by atoms with Crippen molar-refractivity contribution in [2.75, 3.05) is 0 Å². The molecule has 0 aliphatic carbocycles. The van der Waals surface area contributed by atoms with Crippen molar-refractivity contribution in [2.45, 2.75) is 20.3 Å². The summed E-state index contributed by atoms with van der Waals surface area (Å²) in [6.07, 6.45) is 7.43. The minimum Gasteiger partial charge on any atom is -0.303 e. The molecule has 3 nitrogen and oxygen atoms in total. The lowest BCUT2D eigenvalue weighted by Gasteiger charge is -2.10. The lowest BCUT2D eigenvalue weighted by molar-refractivity contribution is -0.660. The molecule has 0 radical (unpaired) electrons. The van der Waals surface area contributed by atoms with Crippen LogP contribution >= 0.6 is 0 Å². The summed E-state index contributed by atoms with van der Waals surface area (Å²) in [7, 11) is 2.12.